The lowest BCUT2D eigenvalue weighted by molar-refractivity contribution is -0.00283. The minimum Gasteiger partial charge on any atom is -0.389 e. The van der Waals surface area contributed by atoms with Gasteiger partial charge < -0.3 is 24.8 Å². The molecule has 0 aliphatic carbocycles. The minimum atomic E-state index is -0.403. The molecule has 0 aromatic carbocycles. The summed E-state index contributed by atoms with van der Waals surface area (Å²) in [4.78, 5) is 2.39. The van der Waals surface area contributed by atoms with Crippen molar-refractivity contribution in [3.8, 4) is 0 Å². The summed E-state index contributed by atoms with van der Waals surface area (Å²) in [5, 5.41) is 13.5. The SMILES string of the molecule is CCCN(CC(O)COCCOC)CC1CCNCC1. The van der Waals surface area contributed by atoms with Crippen molar-refractivity contribution in [2.45, 2.75) is 32.3 Å². The first-order valence-corrected chi connectivity index (χ1v) is 7.94. The quantitative estimate of drug-likeness (QED) is 0.549. The zero-order valence-corrected chi connectivity index (χ0v) is 13.1. The lowest BCUT2D eigenvalue weighted by Crippen LogP contribution is -2.41. The van der Waals surface area contributed by atoms with Gasteiger partial charge >= 0.3 is 0 Å². The lowest BCUT2D eigenvalue weighted by atomic mass is 9.97. The van der Waals surface area contributed by atoms with Crippen LogP contribution in [0, 0.1) is 5.92 Å². The number of methoxy groups -OCH3 is 1. The highest BCUT2D eigenvalue weighted by Crippen LogP contribution is 2.14. The van der Waals surface area contributed by atoms with Crippen LogP contribution in [0.2, 0.25) is 0 Å². The van der Waals surface area contributed by atoms with Crippen LogP contribution in [-0.2, 0) is 9.47 Å². The Kier molecular flexibility index (Phi) is 10.2. The highest BCUT2D eigenvalue weighted by Gasteiger charge is 2.18. The van der Waals surface area contributed by atoms with E-state index in [-0.39, 0.29) is 0 Å². The van der Waals surface area contributed by atoms with Crippen molar-refractivity contribution in [3.63, 3.8) is 0 Å². The van der Waals surface area contributed by atoms with E-state index in [9.17, 15) is 5.11 Å². The van der Waals surface area contributed by atoms with Crippen molar-refractivity contribution in [1.82, 2.24) is 10.2 Å². The van der Waals surface area contributed by atoms with Gasteiger partial charge in [-0.15, -0.1) is 0 Å². The topological polar surface area (TPSA) is 54.0 Å². The average molecular weight is 288 g/mol. The van der Waals surface area contributed by atoms with Crippen LogP contribution >= 0.6 is 0 Å². The van der Waals surface area contributed by atoms with Gasteiger partial charge in [0.25, 0.3) is 0 Å². The molecular weight excluding hydrogens is 256 g/mol. The largest absolute Gasteiger partial charge is 0.389 e. The fourth-order valence-electron chi connectivity index (χ4n) is 2.72. The second kappa shape index (κ2) is 11.5. The average Bonchev–Trinajstić information content (AvgIpc) is 2.45. The Hall–Kier alpha value is -0.200. The summed E-state index contributed by atoms with van der Waals surface area (Å²) in [7, 11) is 1.65. The van der Waals surface area contributed by atoms with Gasteiger partial charge in [0.1, 0.15) is 0 Å². The van der Waals surface area contributed by atoms with Crippen LogP contribution in [0.1, 0.15) is 26.2 Å². The summed E-state index contributed by atoms with van der Waals surface area (Å²) < 4.78 is 10.3. The van der Waals surface area contributed by atoms with Gasteiger partial charge in [0.05, 0.1) is 25.9 Å². The molecular formula is C15H32N2O3. The lowest BCUT2D eigenvalue weighted by Gasteiger charge is -2.31. The Morgan fingerprint density at radius 3 is 2.70 bits per heavy atom. The summed E-state index contributed by atoms with van der Waals surface area (Å²) in [6, 6.07) is 0. The molecule has 1 aliphatic rings. The zero-order valence-electron chi connectivity index (χ0n) is 13.1. The predicted molar refractivity (Wildman–Crippen MR) is 81.0 cm³/mol. The van der Waals surface area contributed by atoms with Crippen molar-refractivity contribution < 1.29 is 14.6 Å². The first-order chi connectivity index (χ1) is 9.76. The first kappa shape index (κ1) is 17.9. The van der Waals surface area contributed by atoms with Crippen molar-refractivity contribution in [1.29, 1.82) is 0 Å². The number of nitrogens with zero attached hydrogens (tertiary/aromatic N) is 1. The molecule has 1 fully saturated rings. The van der Waals surface area contributed by atoms with Gasteiger partial charge in [-0.3, -0.25) is 0 Å². The van der Waals surface area contributed by atoms with E-state index in [4.69, 9.17) is 9.47 Å². The molecule has 1 atom stereocenters. The molecule has 1 unspecified atom stereocenters. The van der Waals surface area contributed by atoms with Gasteiger partial charge in [0.15, 0.2) is 0 Å². The zero-order chi connectivity index (χ0) is 14.6. The van der Waals surface area contributed by atoms with Crippen LogP contribution in [0.3, 0.4) is 0 Å². The molecule has 0 saturated carbocycles. The van der Waals surface area contributed by atoms with Crippen LogP contribution in [0.5, 0.6) is 0 Å². The highest BCUT2D eigenvalue weighted by atomic mass is 16.5. The van der Waals surface area contributed by atoms with Gasteiger partial charge in [-0.25, -0.2) is 0 Å². The Morgan fingerprint density at radius 1 is 1.30 bits per heavy atom. The van der Waals surface area contributed by atoms with E-state index < -0.39 is 6.10 Å². The van der Waals surface area contributed by atoms with Gasteiger partial charge in [-0.2, -0.15) is 0 Å². The van der Waals surface area contributed by atoms with E-state index in [1.54, 1.807) is 7.11 Å². The Balaban J connectivity index is 2.22. The second-order valence-corrected chi connectivity index (χ2v) is 5.67. The molecule has 0 amide bonds. The van der Waals surface area contributed by atoms with E-state index in [2.05, 4.69) is 17.1 Å². The smallest absolute Gasteiger partial charge is 0.0900 e. The van der Waals surface area contributed by atoms with Gasteiger partial charge in [0.2, 0.25) is 0 Å². The van der Waals surface area contributed by atoms with E-state index in [1.165, 1.54) is 12.8 Å². The molecule has 1 saturated heterocycles. The molecule has 0 radical (unpaired) electrons. The molecule has 5 heteroatoms. The van der Waals surface area contributed by atoms with E-state index in [1.807, 2.05) is 0 Å². The van der Waals surface area contributed by atoms with Crippen LogP contribution < -0.4 is 5.32 Å². The summed E-state index contributed by atoms with van der Waals surface area (Å²) in [5.74, 6) is 0.768. The van der Waals surface area contributed by atoms with Crippen molar-refractivity contribution in [2.24, 2.45) is 5.92 Å². The van der Waals surface area contributed by atoms with Crippen LogP contribution in [-0.4, -0.2) is 75.8 Å². The number of piperidine rings is 1. The maximum atomic E-state index is 10.1. The van der Waals surface area contributed by atoms with Crippen LogP contribution in [0.4, 0.5) is 0 Å². The maximum Gasteiger partial charge on any atom is 0.0900 e. The molecule has 1 rings (SSSR count). The first-order valence-electron chi connectivity index (χ1n) is 7.94. The predicted octanol–water partition coefficient (Wildman–Crippen LogP) is 0.722. The van der Waals surface area contributed by atoms with Crippen molar-refractivity contribution in [3.05, 3.63) is 0 Å². The Labute approximate surface area is 123 Å². The monoisotopic (exact) mass is 288 g/mol. The van der Waals surface area contributed by atoms with Gasteiger partial charge in [-0.1, -0.05) is 6.92 Å². The molecule has 1 heterocycles. The summed E-state index contributed by atoms with van der Waals surface area (Å²) in [6.45, 7) is 8.86. The third kappa shape index (κ3) is 8.17. The normalized spacial score (nSPS) is 18.6. The Morgan fingerprint density at radius 2 is 2.05 bits per heavy atom. The molecule has 0 aromatic rings. The molecule has 0 bridgehead atoms. The standard InChI is InChI=1S/C15H32N2O3/c1-3-8-17(11-14-4-6-16-7-5-14)12-15(18)13-20-10-9-19-2/h14-16,18H,3-13H2,1-2H3. The molecule has 0 aromatic heterocycles. The minimum absolute atomic E-state index is 0.399. The van der Waals surface area contributed by atoms with E-state index in [0.717, 1.165) is 38.5 Å². The molecule has 2 N–H and O–H groups in total. The molecule has 1 aliphatic heterocycles. The second-order valence-electron chi connectivity index (χ2n) is 5.67. The summed E-state index contributed by atoms with van der Waals surface area (Å²) >= 11 is 0. The number of nitrogens with one attached hydrogen (secondary N) is 1. The fraction of sp³-hybridized carbons (Fsp3) is 1.00. The third-order valence-electron chi connectivity index (χ3n) is 3.73. The number of hydrogen-bond acceptors (Lipinski definition) is 5. The third-order valence-corrected chi connectivity index (χ3v) is 3.73. The van der Waals surface area contributed by atoms with Crippen LogP contribution in [0.25, 0.3) is 0 Å². The van der Waals surface area contributed by atoms with E-state index >= 15 is 0 Å². The number of aliphatic hydroxyl groups is 1. The van der Waals surface area contributed by atoms with Gasteiger partial charge in [0, 0.05) is 20.2 Å². The summed E-state index contributed by atoms with van der Waals surface area (Å²) in [6.07, 6.45) is 3.23. The number of rotatable bonds is 11. The van der Waals surface area contributed by atoms with E-state index in [0.29, 0.717) is 26.4 Å². The number of ether oxygens (including phenoxy) is 2. The fourth-order valence-corrected chi connectivity index (χ4v) is 2.72. The maximum absolute atomic E-state index is 10.1. The van der Waals surface area contributed by atoms with Crippen molar-refractivity contribution in [2.75, 3.05) is 59.7 Å². The molecule has 5 nitrogen and oxygen atoms in total. The summed E-state index contributed by atoms with van der Waals surface area (Å²) in [5.41, 5.74) is 0. The Bertz CT molecular complexity index is 223. The number of hydrogen-bond donors (Lipinski definition) is 2. The van der Waals surface area contributed by atoms with Crippen molar-refractivity contribution >= 4 is 0 Å². The van der Waals surface area contributed by atoms with Gasteiger partial charge in [-0.05, 0) is 44.8 Å². The highest BCUT2D eigenvalue weighted by molar-refractivity contribution is 4.74. The number of aliphatic hydroxyl groups excluding tert-OH is 1. The van der Waals surface area contributed by atoms with Crippen LogP contribution in [0.15, 0.2) is 0 Å². The molecule has 20 heavy (non-hydrogen) atoms. The molecule has 0 spiro atoms. The molecule has 120 valence electrons.